The highest BCUT2D eigenvalue weighted by atomic mass is 15.1. The highest BCUT2D eigenvalue weighted by Crippen LogP contribution is 2.45. The van der Waals surface area contributed by atoms with Gasteiger partial charge in [0, 0.05) is 16.9 Å². The van der Waals surface area contributed by atoms with Crippen LogP contribution in [0.5, 0.6) is 0 Å². The molecule has 11 rings (SSSR count). The Hall–Kier alpha value is -7.48. The molecule has 0 aliphatic heterocycles. The molecule has 0 bridgehead atoms. The molecule has 0 atom stereocenters. The summed E-state index contributed by atoms with van der Waals surface area (Å²) < 4.78 is 0. The topological polar surface area (TPSA) is 3.24 Å². The average Bonchev–Trinajstić information content (AvgIpc) is 3.29. The number of fused-ring (bicyclic) bond motifs is 8. The van der Waals surface area contributed by atoms with Gasteiger partial charge in [-0.1, -0.05) is 188 Å². The lowest BCUT2D eigenvalue weighted by Crippen LogP contribution is -2.11. The van der Waals surface area contributed by atoms with Crippen molar-refractivity contribution in [2.24, 2.45) is 0 Å². The van der Waals surface area contributed by atoms with Crippen LogP contribution in [0.4, 0.5) is 17.1 Å². The third kappa shape index (κ3) is 5.63. The lowest BCUT2D eigenvalue weighted by Gasteiger charge is -2.28. The maximum absolute atomic E-state index is 2.42. The summed E-state index contributed by atoms with van der Waals surface area (Å²) in [5.74, 6) is 0. The number of anilines is 3. The van der Waals surface area contributed by atoms with Crippen LogP contribution in [0, 0.1) is 0 Å². The molecule has 0 aliphatic rings. The number of hydrogen-bond donors (Lipinski definition) is 0. The minimum Gasteiger partial charge on any atom is -0.310 e. The molecule has 266 valence electrons. The second-order valence-electron chi connectivity index (χ2n) is 14.9. The zero-order valence-electron chi connectivity index (χ0n) is 31.3. The minimum absolute atomic E-state index is 1.10. The first-order valence-corrected chi connectivity index (χ1v) is 19.7. The van der Waals surface area contributed by atoms with Crippen molar-refractivity contribution in [1.82, 2.24) is 0 Å². The van der Waals surface area contributed by atoms with Crippen LogP contribution in [-0.4, -0.2) is 0 Å². The van der Waals surface area contributed by atoms with E-state index in [4.69, 9.17) is 0 Å². The van der Waals surface area contributed by atoms with E-state index in [0.717, 1.165) is 17.1 Å². The van der Waals surface area contributed by atoms with E-state index in [9.17, 15) is 0 Å². The minimum atomic E-state index is 1.10. The maximum Gasteiger partial charge on any atom is 0.0540 e. The van der Waals surface area contributed by atoms with E-state index < -0.39 is 0 Å². The molecule has 0 amide bonds. The molecule has 1 nitrogen and oxygen atoms in total. The molecule has 1 heteroatoms. The van der Waals surface area contributed by atoms with Gasteiger partial charge in [0.2, 0.25) is 0 Å². The summed E-state index contributed by atoms with van der Waals surface area (Å²) in [4.78, 5) is 2.42. The zero-order chi connectivity index (χ0) is 37.7. The number of hydrogen-bond acceptors (Lipinski definition) is 1. The molecule has 0 aliphatic carbocycles. The summed E-state index contributed by atoms with van der Waals surface area (Å²) in [6.45, 7) is 0. The predicted molar refractivity (Wildman–Crippen MR) is 245 cm³/mol. The maximum atomic E-state index is 2.42. The standard InChI is InChI=1S/C56H37N/c1-2-14-38(15-3-1)48-22-10-11-27-54(48)57(45-34-32-40(33-35-45)53-37-44-17-5-6-21-47(44)51-24-8-9-25-52(51)53)46-20-12-19-43(36-46)50-26-13-18-41-30-31-42-29-28-39-16-4-7-23-49(39)56(42)55(41)50/h1-37H. The molecule has 11 aromatic rings. The van der Waals surface area contributed by atoms with Gasteiger partial charge in [0.1, 0.15) is 0 Å². The van der Waals surface area contributed by atoms with Crippen LogP contribution in [0.2, 0.25) is 0 Å². The average molecular weight is 724 g/mol. The largest absolute Gasteiger partial charge is 0.310 e. The van der Waals surface area contributed by atoms with Gasteiger partial charge in [-0.15, -0.1) is 0 Å². The van der Waals surface area contributed by atoms with Gasteiger partial charge in [0.25, 0.3) is 0 Å². The van der Waals surface area contributed by atoms with E-state index in [1.54, 1.807) is 0 Å². The number of benzene rings is 11. The Morgan fingerprint density at radius 1 is 0.246 bits per heavy atom. The number of para-hydroxylation sites is 1. The Labute approximate surface area is 332 Å². The molecule has 0 spiro atoms. The molecule has 0 N–H and O–H groups in total. The van der Waals surface area contributed by atoms with Gasteiger partial charge in [-0.25, -0.2) is 0 Å². The van der Waals surface area contributed by atoms with Crippen molar-refractivity contribution >= 4 is 70.9 Å². The van der Waals surface area contributed by atoms with Gasteiger partial charge in [0.05, 0.1) is 5.69 Å². The summed E-state index contributed by atoms with van der Waals surface area (Å²) in [5.41, 5.74) is 10.5. The molecule has 0 fully saturated rings. The Kier molecular flexibility index (Phi) is 7.89. The van der Waals surface area contributed by atoms with E-state index in [0.29, 0.717) is 0 Å². The Morgan fingerprint density at radius 3 is 1.63 bits per heavy atom. The molecule has 0 saturated heterocycles. The summed E-state index contributed by atoms with van der Waals surface area (Å²) >= 11 is 0. The van der Waals surface area contributed by atoms with Crippen LogP contribution in [0.3, 0.4) is 0 Å². The fourth-order valence-electron chi connectivity index (χ4n) is 8.97. The number of rotatable bonds is 6. The third-order valence-electron chi connectivity index (χ3n) is 11.6. The van der Waals surface area contributed by atoms with Gasteiger partial charge < -0.3 is 4.90 Å². The van der Waals surface area contributed by atoms with Crippen molar-refractivity contribution in [2.75, 3.05) is 4.90 Å². The van der Waals surface area contributed by atoms with Gasteiger partial charge in [0.15, 0.2) is 0 Å². The zero-order valence-corrected chi connectivity index (χ0v) is 31.3. The molecule has 57 heavy (non-hydrogen) atoms. The summed E-state index contributed by atoms with van der Waals surface area (Å²) in [7, 11) is 0. The quantitative estimate of drug-likeness (QED) is 0.154. The van der Waals surface area contributed by atoms with Crippen LogP contribution in [0.15, 0.2) is 224 Å². The van der Waals surface area contributed by atoms with Gasteiger partial charge in [-0.05, 0) is 118 Å². The fraction of sp³-hybridized carbons (Fsp3) is 0. The van der Waals surface area contributed by atoms with Crippen molar-refractivity contribution in [2.45, 2.75) is 0 Å². The van der Waals surface area contributed by atoms with Crippen molar-refractivity contribution in [3.8, 4) is 33.4 Å². The Morgan fingerprint density at radius 2 is 0.807 bits per heavy atom. The lowest BCUT2D eigenvalue weighted by molar-refractivity contribution is 1.28. The number of nitrogens with zero attached hydrogens (tertiary/aromatic N) is 1. The van der Waals surface area contributed by atoms with Crippen molar-refractivity contribution in [3.63, 3.8) is 0 Å². The molecule has 0 saturated carbocycles. The van der Waals surface area contributed by atoms with E-state index >= 15 is 0 Å². The van der Waals surface area contributed by atoms with Crippen molar-refractivity contribution in [3.05, 3.63) is 224 Å². The first-order valence-electron chi connectivity index (χ1n) is 19.7. The smallest absolute Gasteiger partial charge is 0.0540 e. The molecule has 0 unspecified atom stereocenters. The monoisotopic (exact) mass is 723 g/mol. The Bertz CT molecular complexity index is 3280. The first-order chi connectivity index (χ1) is 28.3. The third-order valence-corrected chi connectivity index (χ3v) is 11.6. The predicted octanol–water partition coefficient (Wildman–Crippen LogP) is 15.9. The summed E-state index contributed by atoms with van der Waals surface area (Å²) in [6, 6.07) is 82.0. The van der Waals surface area contributed by atoms with Crippen LogP contribution in [0.25, 0.3) is 87.2 Å². The van der Waals surface area contributed by atoms with E-state index in [1.807, 2.05) is 0 Å². The fourth-order valence-corrected chi connectivity index (χ4v) is 8.97. The van der Waals surface area contributed by atoms with Crippen LogP contribution < -0.4 is 4.90 Å². The van der Waals surface area contributed by atoms with Gasteiger partial charge in [-0.2, -0.15) is 0 Å². The SMILES string of the molecule is c1ccc(-c2ccccc2N(c2ccc(-c3cc4ccccc4c4ccccc34)cc2)c2cccc(-c3cccc4ccc5ccc6ccccc6c5c34)c2)cc1. The van der Waals surface area contributed by atoms with Crippen LogP contribution in [-0.2, 0) is 0 Å². The second-order valence-corrected chi connectivity index (χ2v) is 14.9. The molecule has 0 radical (unpaired) electrons. The van der Waals surface area contributed by atoms with E-state index in [1.165, 1.54) is 87.2 Å². The normalized spacial score (nSPS) is 11.5. The van der Waals surface area contributed by atoms with Crippen molar-refractivity contribution in [1.29, 1.82) is 0 Å². The van der Waals surface area contributed by atoms with Crippen LogP contribution >= 0.6 is 0 Å². The summed E-state index contributed by atoms with van der Waals surface area (Å²) in [5, 5.41) is 12.7. The highest BCUT2D eigenvalue weighted by Gasteiger charge is 2.19. The van der Waals surface area contributed by atoms with Crippen molar-refractivity contribution < 1.29 is 0 Å². The molecule has 0 aromatic heterocycles. The second kappa shape index (κ2) is 13.7. The molecular weight excluding hydrogens is 687 g/mol. The molecular formula is C56H37N. The lowest BCUT2D eigenvalue weighted by atomic mass is 9.91. The van der Waals surface area contributed by atoms with Gasteiger partial charge >= 0.3 is 0 Å². The molecule has 11 aromatic carbocycles. The van der Waals surface area contributed by atoms with Gasteiger partial charge in [-0.3, -0.25) is 0 Å². The Balaban J connectivity index is 1.11. The van der Waals surface area contributed by atoms with E-state index in [2.05, 4.69) is 229 Å². The highest BCUT2D eigenvalue weighted by molar-refractivity contribution is 6.24. The summed E-state index contributed by atoms with van der Waals surface area (Å²) in [6.07, 6.45) is 0. The van der Waals surface area contributed by atoms with E-state index in [-0.39, 0.29) is 0 Å². The molecule has 0 heterocycles. The van der Waals surface area contributed by atoms with Crippen LogP contribution in [0.1, 0.15) is 0 Å². The first kappa shape index (κ1) is 32.9.